The van der Waals surface area contributed by atoms with Crippen molar-refractivity contribution in [1.82, 2.24) is 14.9 Å². The second-order valence-electron chi connectivity index (χ2n) is 6.37. The molecule has 0 unspecified atom stereocenters. The quantitative estimate of drug-likeness (QED) is 0.856. The molecular formula is C16H19F4N3. The van der Waals surface area contributed by atoms with E-state index in [4.69, 9.17) is 0 Å². The number of nitrogens with one attached hydrogen (secondary N) is 1. The molecule has 2 aromatic rings. The van der Waals surface area contributed by atoms with Crippen molar-refractivity contribution in [2.75, 3.05) is 6.54 Å². The Morgan fingerprint density at radius 3 is 2.48 bits per heavy atom. The molecule has 1 N–H and O–H groups in total. The van der Waals surface area contributed by atoms with Gasteiger partial charge in [-0.25, -0.2) is 9.37 Å². The molecule has 2 rings (SSSR count). The summed E-state index contributed by atoms with van der Waals surface area (Å²) in [5, 5.41) is 3.31. The van der Waals surface area contributed by atoms with Crippen LogP contribution >= 0.6 is 0 Å². The predicted octanol–water partition coefficient (Wildman–Crippen LogP) is 4.10. The first-order valence-corrected chi connectivity index (χ1v) is 7.20. The Kier molecular flexibility index (Phi) is 4.79. The molecule has 0 fully saturated rings. The lowest BCUT2D eigenvalue weighted by atomic mass is 10.1. The summed E-state index contributed by atoms with van der Waals surface area (Å²) in [5.41, 5.74) is -0.673. The number of hydrogen-bond donors (Lipinski definition) is 1. The smallest absolute Gasteiger partial charge is 0.336 e. The fourth-order valence-corrected chi connectivity index (χ4v) is 2.09. The van der Waals surface area contributed by atoms with Gasteiger partial charge in [0, 0.05) is 30.4 Å². The van der Waals surface area contributed by atoms with Gasteiger partial charge in [-0.1, -0.05) is 0 Å². The summed E-state index contributed by atoms with van der Waals surface area (Å²) in [5.74, 6) is -1.28. The molecule has 0 aliphatic carbocycles. The van der Waals surface area contributed by atoms with E-state index in [0.717, 1.165) is 12.1 Å². The molecule has 0 bridgehead atoms. The number of rotatable bonds is 4. The summed E-state index contributed by atoms with van der Waals surface area (Å²) in [6.07, 6.45) is -1.52. The maximum Gasteiger partial charge on any atom is 0.419 e. The van der Waals surface area contributed by atoms with Crippen molar-refractivity contribution in [2.45, 2.75) is 39.0 Å². The minimum absolute atomic E-state index is 0.0119. The maximum atomic E-state index is 13.3. The predicted molar refractivity (Wildman–Crippen MR) is 80.4 cm³/mol. The molecule has 0 saturated heterocycles. The van der Waals surface area contributed by atoms with E-state index in [1.54, 1.807) is 17.1 Å². The molecule has 0 atom stereocenters. The van der Waals surface area contributed by atoms with E-state index in [1.807, 2.05) is 20.8 Å². The maximum absolute atomic E-state index is 13.3. The third-order valence-corrected chi connectivity index (χ3v) is 3.23. The van der Waals surface area contributed by atoms with Gasteiger partial charge in [-0.15, -0.1) is 0 Å². The van der Waals surface area contributed by atoms with E-state index in [0.29, 0.717) is 18.8 Å². The van der Waals surface area contributed by atoms with Gasteiger partial charge in [0.2, 0.25) is 0 Å². The molecule has 0 aliphatic heterocycles. The number of halogens is 4. The number of nitrogens with zero attached hydrogens (tertiary/aromatic N) is 2. The molecule has 126 valence electrons. The minimum Gasteiger partial charge on any atom is -0.336 e. The van der Waals surface area contributed by atoms with E-state index in [-0.39, 0.29) is 11.1 Å². The van der Waals surface area contributed by atoms with Crippen LogP contribution in [0, 0.1) is 5.82 Å². The summed E-state index contributed by atoms with van der Waals surface area (Å²) >= 11 is 0. The zero-order chi connectivity index (χ0) is 17.3. The van der Waals surface area contributed by atoms with Crippen molar-refractivity contribution in [3.05, 3.63) is 42.1 Å². The number of aromatic nitrogens is 2. The molecule has 0 saturated carbocycles. The minimum atomic E-state index is -4.72. The van der Waals surface area contributed by atoms with E-state index in [2.05, 4.69) is 10.3 Å². The standard InChI is InChI=1S/C16H19F4N3/c1-15(2,3)22-6-7-23-9-14(21-10-23)11-4-5-13(17)12(8-11)16(18,19)20/h4-5,8-10,22H,6-7H2,1-3H3. The largest absolute Gasteiger partial charge is 0.419 e. The first-order chi connectivity index (χ1) is 10.6. The summed E-state index contributed by atoms with van der Waals surface area (Å²) in [6.45, 7) is 7.48. The Bertz CT molecular complexity index is 669. The van der Waals surface area contributed by atoms with E-state index < -0.39 is 17.6 Å². The number of imidazole rings is 1. The molecular weight excluding hydrogens is 310 g/mol. The summed E-state index contributed by atoms with van der Waals surface area (Å²) in [6, 6.07) is 2.90. The van der Waals surface area contributed by atoms with Crippen LogP contribution < -0.4 is 5.32 Å². The highest BCUT2D eigenvalue weighted by Gasteiger charge is 2.34. The molecule has 0 aliphatic rings. The van der Waals surface area contributed by atoms with Crippen LogP contribution in [-0.2, 0) is 12.7 Å². The lowest BCUT2D eigenvalue weighted by Gasteiger charge is -2.20. The van der Waals surface area contributed by atoms with Crippen molar-refractivity contribution in [3.63, 3.8) is 0 Å². The highest BCUT2D eigenvalue weighted by Crippen LogP contribution is 2.33. The average molecular weight is 329 g/mol. The van der Waals surface area contributed by atoms with Crippen molar-refractivity contribution >= 4 is 0 Å². The Balaban J connectivity index is 2.15. The van der Waals surface area contributed by atoms with Crippen molar-refractivity contribution in [1.29, 1.82) is 0 Å². The van der Waals surface area contributed by atoms with Crippen molar-refractivity contribution < 1.29 is 17.6 Å². The molecule has 3 nitrogen and oxygen atoms in total. The van der Waals surface area contributed by atoms with Crippen LogP contribution in [0.4, 0.5) is 17.6 Å². The van der Waals surface area contributed by atoms with Crippen LogP contribution in [0.25, 0.3) is 11.3 Å². The fourth-order valence-electron chi connectivity index (χ4n) is 2.09. The van der Waals surface area contributed by atoms with Gasteiger partial charge in [-0.3, -0.25) is 0 Å². The number of alkyl halides is 3. The monoisotopic (exact) mass is 329 g/mol. The van der Waals surface area contributed by atoms with Crippen LogP contribution in [0.2, 0.25) is 0 Å². The van der Waals surface area contributed by atoms with Gasteiger partial charge in [-0.05, 0) is 39.0 Å². The molecule has 1 aromatic carbocycles. The first-order valence-electron chi connectivity index (χ1n) is 7.20. The zero-order valence-electron chi connectivity index (χ0n) is 13.2. The van der Waals surface area contributed by atoms with Crippen LogP contribution in [-0.4, -0.2) is 21.6 Å². The molecule has 1 aromatic heterocycles. The third-order valence-electron chi connectivity index (χ3n) is 3.23. The van der Waals surface area contributed by atoms with Crippen LogP contribution in [0.5, 0.6) is 0 Å². The first kappa shape index (κ1) is 17.5. The molecule has 7 heteroatoms. The Hall–Kier alpha value is -1.89. The summed E-state index contributed by atoms with van der Waals surface area (Å²) < 4.78 is 53.4. The van der Waals surface area contributed by atoms with E-state index in [1.165, 1.54) is 6.07 Å². The average Bonchev–Trinajstić information content (AvgIpc) is 2.85. The molecule has 0 amide bonds. The van der Waals surface area contributed by atoms with Crippen LogP contribution in [0.15, 0.2) is 30.7 Å². The highest BCUT2D eigenvalue weighted by atomic mass is 19.4. The SMILES string of the molecule is CC(C)(C)NCCn1cnc(-c2ccc(F)c(C(F)(F)F)c2)c1. The molecule has 1 heterocycles. The fraction of sp³-hybridized carbons (Fsp3) is 0.438. The zero-order valence-corrected chi connectivity index (χ0v) is 13.2. The van der Waals surface area contributed by atoms with Gasteiger partial charge in [0.1, 0.15) is 5.82 Å². The summed E-state index contributed by atoms with van der Waals surface area (Å²) in [7, 11) is 0. The van der Waals surface area contributed by atoms with Crippen molar-refractivity contribution in [3.8, 4) is 11.3 Å². The summed E-state index contributed by atoms with van der Waals surface area (Å²) in [4.78, 5) is 4.10. The highest BCUT2D eigenvalue weighted by molar-refractivity contribution is 5.59. The van der Waals surface area contributed by atoms with Gasteiger partial charge in [0.15, 0.2) is 0 Å². The molecule has 0 radical (unpaired) electrons. The topological polar surface area (TPSA) is 29.9 Å². The van der Waals surface area contributed by atoms with Crippen LogP contribution in [0.3, 0.4) is 0 Å². The Labute approximate surface area is 132 Å². The lowest BCUT2D eigenvalue weighted by Crippen LogP contribution is -2.37. The van der Waals surface area contributed by atoms with Crippen molar-refractivity contribution in [2.24, 2.45) is 0 Å². The molecule has 0 spiro atoms. The van der Waals surface area contributed by atoms with Crippen LogP contribution in [0.1, 0.15) is 26.3 Å². The van der Waals surface area contributed by atoms with Gasteiger partial charge in [-0.2, -0.15) is 13.2 Å². The lowest BCUT2D eigenvalue weighted by molar-refractivity contribution is -0.139. The van der Waals surface area contributed by atoms with E-state index in [9.17, 15) is 17.6 Å². The number of benzene rings is 1. The number of hydrogen-bond acceptors (Lipinski definition) is 2. The Morgan fingerprint density at radius 1 is 1.17 bits per heavy atom. The van der Waals surface area contributed by atoms with Gasteiger partial charge in [0.25, 0.3) is 0 Å². The van der Waals surface area contributed by atoms with Gasteiger partial charge in [0.05, 0.1) is 17.6 Å². The van der Waals surface area contributed by atoms with E-state index >= 15 is 0 Å². The van der Waals surface area contributed by atoms with Gasteiger partial charge < -0.3 is 9.88 Å². The Morgan fingerprint density at radius 2 is 1.87 bits per heavy atom. The van der Waals surface area contributed by atoms with Gasteiger partial charge >= 0.3 is 6.18 Å². The molecule has 23 heavy (non-hydrogen) atoms. The third kappa shape index (κ3) is 4.79. The second kappa shape index (κ2) is 6.31. The normalized spacial score (nSPS) is 12.7. The second-order valence-corrected chi connectivity index (χ2v) is 6.37.